The minimum atomic E-state index is -0.0545. The maximum Gasteiger partial charge on any atom is 0.0847 e. The van der Waals surface area contributed by atoms with E-state index in [4.69, 9.17) is 14.4 Å². The maximum absolute atomic E-state index is 5.81. The molecule has 0 amide bonds. The minimum Gasteiger partial charge on any atom is -0.506 e. The van der Waals surface area contributed by atoms with Gasteiger partial charge in [0.1, 0.15) is 0 Å². The number of rotatable bonds is 3. The Kier molecular flexibility index (Phi) is 9.84. The molecular weight excluding hydrogens is 791 g/mol. The Morgan fingerprint density at radius 2 is 1.44 bits per heavy atom. The molecule has 4 heterocycles. The molecule has 8 rings (SSSR count). The predicted octanol–water partition coefficient (Wildman–Crippen LogP) is 11.7. The molecule has 0 saturated heterocycles. The summed E-state index contributed by atoms with van der Waals surface area (Å²) in [6.45, 7) is 14.9. The van der Waals surface area contributed by atoms with Gasteiger partial charge in [0.25, 0.3) is 0 Å². The van der Waals surface area contributed by atoms with E-state index in [1.54, 1.807) is 6.26 Å². The van der Waals surface area contributed by atoms with Crippen LogP contribution in [0, 0.1) is 39.8 Å². The van der Waals surface area contributed by atoms with E-state index < -0.39 is 0 Å². The molecule has 0 atom stereocenters. The fourth-order valence-corrected chi connectivity index (χ4v) is 5.95. The van der Waals surface area contributed by atoms with Crippen molar-refractivity contribution in [1.29, 1.82) is 0 Å². The maximum atomic E-state index is 5.81. The Hall–Kier alpha value is -4.96. The van der Waals surface area contributed by atoms with Crippen molar-refractivity contribution in [3.63, 3.8) is 0 Å². The van der Waals surface area contributed by atoms with Crippen LogP contribution in [-0.2, 0) is 25.5 Å². The molecule has 4 nitrogen and oxygen atoms in total. The van der Waals surface area contributed by atoms with Crippen molar-refractivity contribution in [3.8, 4) is 33.6 Å². The molecule has 0 spiro atoms. The average molecular weight is 830 g/mol. The molecule has 0 aliphatic rings. The second-order valence-corrected chi connectivity index (χ2v) is 13.9. The van der Waals surface area contributed by atoms with Gasteiger partial charge in [-0.05, 0) is 65.2 Å². The summed E-state index contributed by atoms with van der Waals surface area (Å²) in [6.07, 6.45) is 5.50. The molecule has 0 aliphatic carbocycles. The first-order valence-electron chi connectivity index (χ1n) is 16.7. The third-order valence-corrected chi connectivity index (χ3v) is 9.25. The molecule has 0 fully saturated rings. The van der Waals surface area contributed by atoms with Gasteiger partial charge in [0.2, 0.25) is 0 Å². The van der Waals surface area contributed by atoms with Crippen molar-refractivity contribution in [2.75, 3.05) is 0 Å². The second kappa shape index (κ2) is 14.1. The smallest absolute Gasteiger partial charge is 0.0847 e. The van der Waals surface area contributed by atoms with Crippen LogP contribution in [0.4, 0.5) is 0 Å². The van der Waals surface area contributed by atoms with E-state index in [9.17, 15) is 0 Å². The number of hydrogen-bond acceptors (Lipinski definition) is 4. The summed E-state index contributed by atoms with van der Waals surface area (Å²) in [5.41, 5.74) is 13.8. The van der Waals surface area contributed by atoms with Crippen LogP contribution in [0.25, 0.3) is 66.3 Å². The minimum absolute atomic E-state index is 0. The van der Waals surface area contributed by atoms with Crippen LogP contribution in [0.5, 0.6) is 0 Å². The van der Waals surface area contributed by atoms with Crippen molar-refractivity contribution in [2.24, 2.45) is 0 Å². The number of fused-ring (bicyclic) bond motifs is 4. The van der Waals surface area contributed by atoms with Crippen LogP contribution in [0.1, 0.15) is 48.7 Å². The summed E-state index contributed by atoms with van der Waals surface area (Å²) < 4.78 is 5.81. The standard InChI is InChI=1S/C30H23N2O.C15H16N.Ir/c1-30(2,3)27-11-10-24-25(17-23-13-15-33-29(23)28(24)32-27)26-18-22(12-14-31-26)21-9-8-19-6-4-5-7-20(19)16-21;1-10-5-6-14(7-11(10)2)15-8-12(3)13(4)9-16-15;/h4-16,18H,1-3H3;5,7-9H,1-4H3;/q2*-1;. The van der Waals surface area contributed by atoms with Gasteiger partial charge in [0.15, 0.2) is 0 Å². The zero-order valence-electron chi connectivity index (χ0n) is 29.5. The molecule has 4 aromatic heterocycles. The third-order valence-electron chi connectivity index (χ3n) is 9.25. The topological polar surface area (TPSA) is 51.8 Å². The molecule has 8 aromatic rings. The zero-order valence-corrected chi connectivity index (χ0v) is 31.9. The summed E-state index contributed by atoms with van der Waals surface area (Å²) in [5.74, 6) is 0. The van der Waals surface area contributed by atoms with Gasteiger partial charge in [0.05, 0.1) is 5.58 Å². The van der Waals surface area contributed by atoms with Crippen LogP contribution in [0.3, 0.4) is 0 Å². The van der Waals surface area contributed by atoms with Gasteiger partial charge in [-0.25, -0.2) is 0 Å². The van der Waals surface area contributed by atoms with Gasteiger partial charge in [-0.2, -0.15) is 0 Å². The van der Waals surface area contributed by atoms with Gasteiger partial charge in [-0.15, -0.1) is 41.0 Å². The van der Waals surface area contributed by atoms with Crippen LogP contribution in [0.15, 0.2) is 114 Å². The van der Waals surface area contributed by atoms with E-state index in [2.05, 4.69) is 144 Å². The molecule has 0 aliphatic heterocycles. The van der Waals surface area contributed by atoms with Crippen molar-refractivity contribution >= 4 is 32.6 Å². The third kappa shape index (κ3) is 7.03. The van der Waals surface area contributed by atoms with E-state index in [0.717, 1.165) is 55.6 Å². The van der Waals surface area contributed by atoms with Gasteiger partial charge in [0, 0.05) is 61.1 Å². The fraction of sp³-hybridized carbons (Fsp3) is 0.178. The van der Waals surface area contributed by atoms with Gasteiger partial charge < -0.3 is 9.40 Å². The molecule has 0 unspecified atom stereocenters. The SMILES string of the molecule is CC(C)(C)c1ccc2c(-c3cc(-c4ccc5ccccc5c4)ccn3)[c-]c3ccoc3c2n1.Cc1c[c-]c(-c2cc(C)c(C)cn2)cc1C.[Ir]. The molecule has 4 aromatic carbocycles. The van der Waals surface area contributed by atoms with Crippen molar-refractivity contribution in [2.45, 2.75) is 53.9 Å². The first-order chi connectivity index (χ1) is 23.5. The van der Waals surface area contributed by atoms with E-state index >= 15 is 0 Å². The van der Waals surface area contributed by atoms with Crippen molar-refractivity contribution < 1.29 is 24.5 Å². The first kappa shape index (κ1) is 34.9. The second-order valence-electron chi connectivity index (χ2n) is 13.9. The van der Waals surface area contributed by atoms with E-state index in [0.29, 0.717) is 0 Å². The Morgan fingerprint density at radius 3 is 2.20 bits per heavy atom. The molecule has 0 bridgehead atoms. The van der Waals surface area contributed by atoms with Crippen LogP contribution < -0.4 is 0 Å². The summed E-state index contributed by atoms with van der Waals surface area (Å²) in [4.78, 5) is 14.2. The molecule has 0 N–H and O–H groups in total. The van der Waals surface area contributed by atoms with Gasteiger partial charge >= 0.3 is 0 Å². The first-order valence-corrected chi connectivity index (χ1v) is 16.7. The van der Waals surface area contributed by atoms with Crippen LogP contribution in [0.2, 0.25) is 0 Å². The van der Waals surface area contributed by atoms with E-state index in [1.165, 1.54) is 38.6 Å². The molecule has 1 radical (unpaired) electrons. The molecule has 50 heavy (non-hydrogen) atoms. The number of aromatic nitrogens is 3. The monoisotopic (exact) mass is 830 g/mol. The molecule has 251 valence electrons. The van der Waals surface area contributed by atoms with Gasteiger partial charge in [-0.3, -0.25) is 9.97 Å². The largest absolute Gasteiger partial charge is 0.506 e. The normalized spacial score (nSPS) is 11.3. The number of pyridine rings is 3. The number of benzene rings is 4. The Bertz CT molecular complexity index is 2440. The Balaban J connectivity index is 0.000000215. The van der Waals surface area contributed by atoms with Crippen molar-refractivity contribution in [3.05, 3.63) is 150 Å². The summed E-state index contributed by atoms with van der Waals surface area (Å²) in [6, 6.07) is 38.5. The summed E-state index contributed by atoms with van der Waals surface area (Å²) in [7, 11) is 0. The van der Waals surface area contributed by atoms with E-state index in [-0.39, 0.29) is 25.5 Å². The molecule has 0 saturated carbocycles. The van der Waals surface area contributed by atoms with Crippen molar-refractivity contribution in [1.82, 2.24) is 15.0 Å². The van der Waals surface area contributed by atoms with Crippen LogP contribution in [-0.4, -0.2) is 15.0 Å². The molecule has 5 heteroatoms. The predicted molar refractivity (Wildman–Crippen MR) is 203 cm³/mol. The summed E-state index contributed by atoms with van der Waals surface area (Å²) >= 11 is 0. The van der Waals surface area contributed by atoms with Gasteiger partial charge in [-0.1, -0.05) is 117 Å². The zero-order chi connectivity index (χ0) is 34.3. The number of furan rings is 1. The van der Waals surface area contributed by atoms with E-state index in [1.807, 2.05) is 24.5 Å². The number of nitrogens with zero attached hydrogens (tertiary/aromatic N) is 3. The number of aryl methyl sites for hydroxylation is 4. The number of hydrogen-bond donors (Lipinski definition) is 0. The van der Waals surface area contributed by atoms with Crippen LogP contribution >= 0.6 is 0 Å². The Labute approximate surface area is 308 Å². The average Bonchev–Trinajstić information content (AvgIpc) is 3.59. The molecular formula is C45H39IrN3O-2. The summed E-state index contributed by atoms with van der Waals surface area (Å²) in [5, 5.41) is 4.37. The Morgan fingerprint density at radius 1 is 0.680 bits per heavy atom. The quantitative estimate of drug-likeness (QED) is 0.166. The fourth-order valence-electron chi connectivity index (χ4n) is 5.95.